The molecule has 114 valence electrons. The zero-order chi connectivity index (χ0) is 15.8. The van der Waals surface area contributed by atoms with E-state index >= 15 is 0 Å². The second-order valence-electron chi connectivity index (χ2n) is 6.47. The molecule has 0 spiro atoms. The molecule has 0 bridgehead atoms. The highest BCUT2D eigenvalue weighted by Gasteiger charge is 2.52. The highest BCUT2D eigenvalue weighted by molar-refractivity contribution is 7.80. The Balaban J connectivity index is 2.33. The topological polar surface area (TPSA) is 18.5 Å². The van der Waals surface area contributed by atoms with Gasteiger partial charge >= 0.3 is 7.12 Å². The van der Waals surface area contributed by atoms with Crippen LogP contribution in [0.25, 0.3) is 6.08 Å². The molecule has 0 radical (unpaired) electrons. The summed E-state index contributed by atoms with van der Waals surface area (Å²) < 4.78 is 25.5. The van der Waals surface area contributed by atoms with Crippen molar-refractivity contribution in [3.63, 3.8) is 0 Å². The number of rotatable bonds is 3. The lowest BCUT2D eigenvalue weighted by molar-refractivity contribution is 0.00578. The zero-order valence-corrected chi connectivity index (χ0v) is 14.1. The van der Waals surface area contributed by atoms with Gasteiger partial charge in [-0.3, -0.25) is 0 Å². The summed E-state index contributed by atoms with van der Waals surface area (Å²) in [5, 5.41) is 0. The Hall–Kier alpha value is -0.775. The van der Waals surface area contributed by atoms with Gasteiger partial charge in [0.05, 0.1) is 11.2 Å². The summed E-state index contributed by atoms with van der Waals surface area (Å²) in [7, 11) is -0.449. The van der Waals surface area contributed by atoms with Gasteiger partial charge in [0.15, 0.2) is 0 Å². The number of aryl methyl sites for hydroxylation is 1. The Labute approximate surface area is 132 Å². The number of thiol groups is 1. The van der Waals surface area contributed by atoms with Crippen molar-refractivity contribution >= 4 is 25.8 Å². The number of benzene rings is 1. The first kappa shape index (κ1) is 16.6. The molecule has 2 nitrogen and oxygen atoms in total. The molecule has 0 amide bonds. The molecule has 1 saturated heterocycles. The summed E-state index contributed by atoms with van der Waals surface area (Å²) in [5.41, 5.74) is 1.94. The van der Waals surface area contributed by atoms with Crippen LogP contribution in [0.4, 0.5) is 4.39 Å². The van der Waals surface area contributed by atoms with Gasteiger partial charge in [0.2, 0.25) is 0 Å². The molecule has 1 aromatic carbocycles. The molecule has 0 saturated carbocycles. The van der Waals surface area contributed by atoms with E-state index in [-0.39, 0.29) is 5.82 Å². The normalized spacial score (nSPS) is 20.9. The minimum absolute atomic E-state index is 0.251. The van der Waals surface area contributed by atoms with Crippen molar-refractivity contribution < 1.29 is 13.7 Å². The summed E-state index contributed by atoms with van der Waals surface area (Å²) in [5.74, 6) is 0.242. The van der Waals surface area contributed by atoms with Crippen molar-refractivity contribution in [3.05, 3.63) is 40.6 Å². The first-order valence-electron chi connectivity index (χ1n) is 7.09. The van der Waals surface area contributed by atoms with Gasteiger partial charge in [0, 0.05) is 5.75 Å². The van der Waals surface area contributed by atoms with Gasteiger partial charge in [0.1, 0.15) is 5.82 Å². The molecule has 0 atom stereocenters. The van der Waals surface area contributed by atoms with E-state index < -0.39 is 18.3 Å². The average Bonchev–Trinajstić information content (AvgIpc) is 2.59. The molecule has 1 aliphatic rings. The summed E-state index contributed by atoms with van der Waals surface area (Å²) in [6.45, 7) is 9.99. The zero-order valence-electron chi connectivity index (χ0n) is 13.2. The highest BCUT2D eigenvalue weighted by Crippen LogP contribution is 2.39. The Kier molecular flexibility index (Phi) is 4.57. The van der Waals surface area contributed by atoms with E-state index in [0.29, 0.717) is 5.75 Å². The molecule has 1 heterocycles. The van der Waals surface area contributed by atoms with Crippen molar-refractivity contribution in [2.24, 2.45) is 0 Å². The fraction of sp³-hybridized carbons (Fsp3) is 0.500. The van der Waals surface area contributed by atoms with Crippen molar-refractivity contribution in [2.45, 2.75) is 45.8 Å². The lowest BCUT2D eigenvalue weighted by Crippen LogP contribution is -2.41. The van der Waals surface area contributed by atoms with Crippen LogP contribution in [0.2, 0.25) is 0 Å². The molecule has 5 heteroatoms. The van der Waals surface area contributed by atoms with E-state index in [0.717, 1.165) is 16.6 Å². The molecule has 0 N–H and O–H groups in total. The summed E-state index contributed by atoms with van der Waals surface area (Å²) in [4.78, 5) is 0. The van der Waals surface area contributed by atoms with Gasteiger partial charge in [0.25, 0.3) is 0 Å². The number of halogens is 1. The van der Waals surface area contributed by atoms with E-state index in [1.165, 1.54) is 12.1 Å². The van der Waals surface area contributed by atoms with Gasteiger partial charge in [-0.25, -0.2) is 4.39 Å². The second-order valence-corrected chi connectivity index (χ2v) is 6.78. The van der Waals surface area contributed by atoms with Gasteiger partial charge in [-0.05, 0) is 63.4 Å². The molecule has 1 aromatic rings. The maximum absolute atomic E-state index is 13.4. The van der Waals surface area contributed by atoms with Crippen LogP contribution < -0.4 is 0 Å². The van der Waals surface area contributed by atoms with Crippen LogP contribution in [0.5, 0.6) is 0 Å². The van der Waals surface area contributed by atoms with Gasteiger partial charge < -0.3 is 9.31 Å². The largest absolute Gasteiger partial charge is 0.491 e. The predicted octanol–water partition coefficient (Wildman–Crippen LogP) is 4.08. The standard InChI is InChI=1S/C16H22BFO2S/c1-11-6-7-14(18)9-12(11)8-13(10-21)17-19-15(2,3)16(4,5)20-17/h6-9,21H,10H2,1-5H3. The SMILES string of the molecule is Cc1ccc(F)cc1C=C(CS)B1OC(C)(C)C(C)(C)O1. The van der Waals surface area contributed by atoms with Gasteiger partial charge in [-0.2, -0.15) is 12.6 Å². The predicted molar refractivity (Wildman–Crippen MR) is 89.0 cm³/mol. The quantitative estimate of drug-likeness (QED) is 0.670. The Morgan fingerprint density at radius 2 is 1.81 bits per heavy atom. The molecular formula is C16H22BFO2S. The monoisotopic (exact) mass is 308 g/mol. The van der Waals surface area contributed by atoms with Crippen molar-refractivity contribution in [2.75, 3.05) is 5.75 Å². The molecule has 0 aliphatic carbocycles. The minimum Gasteiger partial charge on any atom is -0.400 e. The van der Waals surface area contributed by atoms with Crippen LogP contribution in [0.15, 0.2) is 23.7 Å². The summed E-state index contributed by atoms with van der Waals surface area (Å²) in [6, 6.07) is 4.74. The molecule has 0 unspecified atom stereocenters. The fourth-order valence-electron chi connectivity index (χ4n) is 2.15. The van der Waals surface area contributed by atoms with E-state index in [9.17, 15) is 4.39 Å². The van der Waals surface area contributed by atoms with Crippen LogP contribution in [-0.4, -0.2) is 24.1 Å². The van der Waals surface area contributed by atoms with E-state index in [4.69, 9.17) is 9.31 Å². The summed E-state index contributed by atoms with van der Waals surface area (Å²) in [6.07, 6.45) is 1.91. The molecular weight excluding hydrogens is 286 g/mol. The van der Waals surface area contributed by atoms with Gasteiger partial charge in [-0.15, -0.1) is 0 Å². The highest BCUT2D eigenvalue weighted by atomic mass is 32.1. The Morgan fingerprint density at radius 1 is 1.24 bits per heavy atom. The lowest BCUT2D eigenvalue weighted by Gasteiger charge is -2.32. The maximum atomic E-state index is 13.4. The first-order chi connectivity index (χ1) is 9.66. The van der Waals surface area contributed by atoms with Crippen LogP contribution in [0.1, 0.15) is 38.8 Å². The van der Waals surface area contributed by atoms with Crippen LogP contribution >= 0.6 is 12.6 Å². The third kappa shape index (κ3) is 3.36. The van der Waals surface area contributed by atoms with Crippen LogP contribution in [0.3, 0.4) is 0 Å². The van der Waals surface area contributed by atoms with E-state index in [1.807, 2.05) is 40.7 Å². The van der Waals surface area contributed by atoms with Crippen LogP contribution in [-0.2, 0) is 9.31 Å². The van der Waals surface area contributed by atoms with Crippen molar-refractivity contribution in [3.8, 4) is 0 Å². The molecule has 0 aromatic heterocycles. The molecule has 1 fully saturated rings. The minimum atomic E-state index is -0.449. The number of hydrogen-bond donors (Lipinski definition) is 1. The van der Waals surface area contributed by atoms with Crippen LogP contribution in [0, 0.1) is 12.7 Å². The van der Waals surface area contributed by atoms with Gasteiger partial charge in [-0.1, -0.05) is 12.1 Å². The third-order valence-corrected chi connectivity index (χ3v) is 4.69. The molecule has 1 aliphatic heterocycles. The third-order valence-electron chi connectivity index (χ3n) is 4.32. The van der Waals surface area contributed by atoms with E-state index in [1.54, 1.807) is 6.07 Å². The molecule has 21 heavy (non-hydrogen) atoms. The average molecular weight is 308 g/mol. The van der Waals surface area contributed by atoms with E-state index in [2.05, 4.69) is 12.6 Å². The number of hydrogen-bond acceptors (Lipinski definition) is 3. The van der Waals surface area contributed by atoms with Crippen molar-refractivity contribution in [1.82, 2.24) is 0 Å². The Morgan fingerprint density at radius 3 is 2.33 bits per heavy atom. The fourth-order valence-corrected chi connectivity index (χ4v) is 2.39. The maximum Gasteiger partial charge on any atom is 0.491 e. The second kappa shape index (κ2) is 5.78. The smallest absolute Gasteiger partial charge is 0.400 e. The molecule has 2 rings (SSSR count). The summed E-state index contributed by atoms with van der Waals surface area (Å²) >= 11 is 4.37. The van der Waals surface area contributed by atoms with Crippen molar-refractivity contribution in [1.29, 1.82) is 0 Å². The lowest BCUT2D eigenvalue weighted by atomic mass is 9.78. The first-order valence-corrected chi connectivity index (χ1v) is 7.72. The Bertz CT molecular complexity index is 553.